The van der Waals surface area contributed by atoms with Crippen LogP contribution in [0.15, 0.2) is 6.20 Å². The van der Waals surface area contributed by atoms with Gasteiger partial charge in [0.1, 0.15) is 5.78 Å². The number of halogens is 1. The van der Waals surface area contributed by atoms with E-state index in [0.717, 1.165) is 31.5 Å². The molecule has 0 N–H and O–H groups in total. The lowest BCUT2D eigenvalue weighted by Crippen LogP contribution is -2.12. The van der Waals surface area contributed by atoms with Gasteiger partial charge >= 0.3 is 0 Å². The fraction of sp³-hybridized carbons (Fsp3) is 0.636. The molecule has 0 spiro atoms. The van der Waals surface area contributed by atoms with Crippen molar-refractivity contribution in [2.24, 2.45) is 0 Å². The zero-order valence-corrected chi connectivity index (χ0v) is 9.63. The maximum Gasteiger partial charge on any atom is 0.141 e. The lowest BCUT2D eigenvalue weighted by atomic mass is 10.0. The summed E-state index contributed by atoms with van der Waals surface area (Å²) in [6, 6.07) is 0. The Hall–Kier alpha value is -0.830. The second-order valence-corrected chi connectivity index (χ2v) is 4.42. The molecule has 1 atom stereocenters. The van der Waals surface area contributed by atoms with Crippen molar-refractivity contribution in [2.45, 2.75) is 45.1 Å². The third-order valence-corrected chi connectivity index (χ3v) is 3.19. The summed E-state index contributed by atoms with van der Waals surface area (Å²) >= 11 is 6.09. The van der Waals surface area contributed by atoms with Crippen molar-refractivity contribution in [2.75, 3.05) is 0 Å². The van der Waals surface area contributed by atoms with Gasteiger partial charge in [-0.05, 0) is 19.3 Å². The Labute approximate surface area is 94.4 Å². The van der Waals surface area contributed by atoms with Gasteiger partial charge in [-0.25, -0.2) is 0 Å². The van der Waals surface area contributed by atoms with E-state index in [4.69, 9.17) is 11.6 Å². The van der Waals surface area contributed by atoms with Crippen LogP contribution in [-0.2, 0) is 11.3 Å². The molecule has 1 aliphatic carbocycles. The molecule has 0 aliphatic heterocycles. The highest BCUT2D eigenvalue weighted by Gasteiger charge is 2.30. The summed E-state index contributed by atoms with van der Waals surface area (Å²) in [5, 5.41) is 4.86. The van der Waals surface area contributed by atoms with E-state index < -0.39 is 0 Å². The number of ketones is 1. The zero-order valence-electron chi connectivity index (χ0n) is 8.87. The van der Waals surface area contributed by atoms with Gasteiger partial charge in [-0.1, -0.05) is 18.5 Å². The van der Waals surface area contributed by atoms with Crippen LogP contribution in [0.1, 0.15) is 44.2 Å². The Bertz CT molecular complexity index is 373. The van der Waals surface area contributed by atoms with E-state index in [1.807, 2.05) is 4.68 Å². The number of rotatable bonds is 3. The van der Waals surface area contributed by atoms with E-state index in [2.05, 4.69) is 12.0 Å². The summed E-state index contributed by atoms with van der Waals surface area (Å²) < 4.78 is 1.89. The Kier molecular flexibility index (Phi) is 3.10. The molecule has 15 heavy (non-hydrogen) atoms. The molecule has 1 aromatic rings. The van der Waals surface area contributed by atoms with Crippen molar-refractivity contribution in [1.82, 2.24) is 9.78 Å². The van der Waals surface area contributed by atoms with E-state index >= 15 is 0 Å². The second kappa shape index (κ2) is 4.35. The van der Waals surface area contributed by atoms with Crippen LogP contribution < -0.4 is 0 Å². The molecule has 0 bridgehead atoms. The maximum absolute atomic E-state index is 11.7. The van der Waals surface area contributed by atoms with Crippen LogP contribution in [-0.4, -0.2) is 15.6 Å². The lowest BCUT2D eigenvalue weighted by Gasteiger charge is -2.11. The first-order valence-electron chi connectivity index (χ1n) is 5.48. The van der Waals surface area contributed by atoms with Crippen molar-refractivity contribution in [3.05, 3.63) is 16.9 Å². The van der Waals surface area contributed by atoms with Crippen molar-refractivity contribution in [3.8, 4) is 0 Å². The monoisotopic (exact) mass is 226 g/mol. The molecule has 0 amide bonds. The van der Waals surface area contributed by atoms with Crippen molar-refractivity contribution < 1.29 is 4.79 Å². The fourth-order valence-electron chi connectivity index (χ4n) is 2.21. The molecule has 3 nitrogen and oxygen atoms in total. The van der Waals surface area contributed by atoms with Gasteiger partial charge in [0.25, 0.3) is 0 Å². The van der Waals surface area contributed by atoms with Crippen molar-refractivity contribution >= 4 is 17.4 Å². The minimum absolute atomic E-state index is 0.00782. The third-order valence-electron chi connectivity index (χ3n) is 2.90. The van der Waals surface area contributed by atoms with Crippen LogP contribution in [0.25, 0.3) is 0 Å². The summed E-state index contributed by atoms with van der Waals surface area (Å²) in [6.07, 6.45) is 5.26. The minimum Gasteiger partial charge on any atom is -0.299 e. The molecular formula is C11H15ClN2O. The summed E-state index contributed by atoms with van der Waals surface area (Å²) in [6.45, 7) is 2.93. The standard InChI is InChI=1S/C11H15ClN2O/c1-2-6-14-11(9(12)7-13-14)8-4-3-5-10(8)15/h7-8H,2-6H2,1H3. The molecule has 1 unspecified atom stereocenters. The first-order chi connectivity index (χ1) is 7.24. The van der Waals surface area contributed by atoms with Gasteiger partial charge in [0.15, 0.2) is 0 Å². The quantitative estimate of drug-likeness (QED) is 0.795. The van der Waals surface area contributed by atoms with Crippen LogP contribution in [0, 0.1) is 0 Å². The number of hydrogen-bond acceptors (Lipinski definition) is 2. The highest BCUT2D eigenvalue weighted by atomic mass is 35.5. The molecule has 4 heteroatoms. The predicted octanol–water partition coefficient (Wildman–Crippen LogP) is 2.78. The van der Waals surface area contributed by atoms with Crippen molar-refractivity contribution in [1.29, 1.82) is 0 Å². The second-order valence-electron chi connectivity index (χ2n) is 4.01. The van der Waals surface area contributed by atoms with Gasteiger partial charge in [-0.3, -0.25) is 9.48 Å². The number of nitrogens with zero attached hydrogens (tertiary/aromatic N) is 2. The van der Waals surface area contributed by atoms with Gasteiger partial charge in [0.05, 0.1) is 22.8 Å². The molecule has 1 aliphatic rings. The summed E-state index contributed by atoms with van der Waals surface area (Å²) in [5.41, 5.74) is 0.931. The average molecular weight is 227 g/mol. The number of aryl methyl sites for hydroxylation is 1. The van der Waals surface area contributed by atoms with E-state index in [1.165, 1.54) is 0 Å². The zero-order chi connectivity index (χ0) is 10.8. The Morgan fingerprint density at radius 1 is 1.67 bits per heavy atom. The first-order valence-corrected chi connectivity index (χ1v) is 5.85. The highest BCUT2D eigenvalue weighted by molar-refractivity contribution is 6.31. The van der Waals surface area contributed by atoms with E-state index in [-0.39, 0.29) is 5.92 Å². The predicted molar refractivity (Wildman–Crippen MR) is 59.1 cm³/mol. The van der Waals surface area contributed by atoms with Gasteiger partial charge in [0.2, 0.25) is 0 Å². The Morgan fingerprint density at radius 3 is 3.07 bits per heavy atom. The molecule has 1 aromatic heterocycles. The minimum atomic E-state index is -0.00782. The molecular weight excluding hydrogens is 212 g/mol. The van der Waals surface area contributed by atoms with Gasteiger partial charge in [-0.2, -0.15) is 5.10 Å². The fourth-order valence-corrected chi connectivity index (χ4v) is 2.49. The number of carbonyl (C=O) groups excluding carboxylic acids is 1. The number of Topliss-reactive ketones (excluding diaryl/α,β-unsaturated/α-hetero) is 1. The van der Waals surface area contributed by atoms with E-state index in [9.17, 15) is 4.79 Å². The van der Waals surface area contributed by atoms with Crippen LogP contribution in [0.2, 0.25) is 5.02 Å². The van der Waals surface area contributed by atoms with Gasteiger partial charge < -0.3 is 0 Å². The molecule has 82 valence electrons. The summed E-state index contributed by atoms with van der Waals surface area (Å²) in [4.78, 5) is 11.7. The number of hydrogen-bond donors (Lipinski definition) is 0. The SMILES string of the molecule is CCCn1ncc(Cl)c1C1CCCC1=O. The molecule has 0 saturated heterocycles. The topological polar surface area (TPSA) is 34.9 Å². The molecule has 1 saturated carbocycles. The number of carbonyl (C=O) groups is 1. The van der Waals surface area contributed by atoms with Gasteiger partial charge in [-0.15, -0.1) is 0 Å². The number of aromatic nitrogens is 2. The van der Waals surface area contributed by atoms with E-state index in [1.54, 1.807) is 6.20 Å². The third kappa shape index (κ3) is 1.93. The maximum atomic E-state index is 11.7. The Morgan fingerprint density at radius 2 is 2.47 bits per heavy atom. The van der Waals surface area contributed by atoms with Crippen LogP contribution in [0.3, 0.4) is 0 Å². The molecule has 2 rings (SSSR count). The van der Waals surface area contributed by atoms with Crippen LogP contribution in [0.5, 0.6) is 0 Å². The lowest BCUT2D eigenvalue weighted by molar-refractivity contribution is -0.118. The van der Waals surface area contributed by atoms with E-state index in [0.29, 0.717) is 17.2 Å². The summed E-state index contributed by atoms with van der Waals surface area (Å²) in [5.74, 6) is 0.307. The highest BCUT2D eigenvalue weighted by Crippen LogP contribution is 2.35. The summed E-state index contributed by atoms with van der Waals surface area (Å²) in [7, 11) is 0. The van der Waals surface area contributed by atoms with Crippen molar-refractivity contribution in [3.63, 3.8) is 0 Å². The molecule has 1 heterocycles. The largest absolute Gasteiger partial charge is 0.299 e. The first kappa shape index (κ1) is 10.7. The average Bonchev–Trinajstić information content (AvgIpc) is 2.75. The van der Waals surface area contributed by atoms with Crippen LogP contribution in [0.4, 0.5) is 0 Å². The van der Waals surface area contributed by atoms with Gasteiger partial charge in [0, 0.05) is 13.0 Å². The smallest absolute Gasteiger partial charge is 0.141 e. The molecule has 0 aromatic carbocycles. The molecule has 0 radical (unpaired) electrons. The van der Waals surface area contributed by atoms with Crippen LogP contribution >= 0.6 is 11.6 Å². The normalized spacial score (nSPS) is 21.2. The Balaban J connectivity index is 2.32. The molecule has 1 fully saturated rings.